The van der Waals surface area contributed by atoms with Gasteiger partial charge in [-0.25, -0.2) is 21.9 Å². The summed E-state index contributed by atoms with van der Waals surface area (Å²) in [5.41, 5.74) is 4.69. The molecule has 0 heterocycles. The van der Waals surface area contributed by atoms with Crippen molar-refractivity contribution in [3.8, 4) is 0 Å². The van der Waals surface area contributed by atoms with Crippen LogP contribution in [0.5, 0.6) is 0 Å². The molecule has 0 rings (SSSR count). The van der Waals surface area contributed by atoms with Gasteiger partial charge in [0.15, 0.2) is 5.75 Å². The van der Waals surface area contributed by atoms with E-state index in [1.54, 1.807) is 4.72 Å². The molecule has 0 bridgehead atoms. The standard InChI is InChI=1S/C6H12F2N2O4S/c1-14-5(11)2-15(12,13)10-4-6(7,8)3-9/h10H,2-4,9H2,1H3. The number of hydrogen-bond acceptors (Lipinski definition) is 5. The predicted molar refractivity (Wildman–Crippen MR) is 47.8 cm³/mol. The second-order valence-electron chi connectivity index (χ2n) is 2.72. The van der Waals surface area contributed by atoms with Crippen LogP contribution in [0.1, 0.15) is 0 Å². The zero-order chi connectivity index (χ0) is 12.1. The van der Waals surface area contributed by atoms with Gasteiger partial charge in [0.1, 0.15) is 0 Å². The molecule has 0 aromatic carbocycles. The van der Waals surface area contributed by atoms with Gasteiger partial charge in [-0.15, -0.1) is 0 Å². The Bertz CT molecular complexity index is 317. The molecule has 0 saturated heterocycles. The van der Waals surface area contributed by atoms with E-state index in [1.165, 1.54) is 0 Å². The van der Waals surface area contributed by atoms with Crippen LogP contribution in [0.4, 0.5) is 8.78 Å². The molecule has 0 amide bonds. The van der Waals surface area contributed by atoms with Crippen LogP contribution in [-0.4, -0.2) is 46.3 Å². The fourth-order valence-corrected chi connectivity index (χ4v) is 1.51. The Labute approximate surface area is 85.8 Å². The van der Waals surface area contributed by atoms with Crippen molar-refractivity contribution in [1.82, 2.24) is 4.72 Å². The predicted octanol–water partition coefficient (Wildman–Crippen LogP) is -1.33. The second kappa shape index (κ2) is 5.33. The number of sulfonamides is 1. The van der Waals surface area contributed by atoms with Gasteiger partial charge in [-0.1, -0.05) is 0 Å². The van der Waals surface area contributed by atoms with Crippen LogP contribution in [0.15, 0.2) is 0 Å². The van der Waals surface area contributed by atoms with E-state index in [0.717, 1.165) is 7.11 Å². The summed E-state index contributed by atoms with van der Waals surface area (Å²) in [5, 5.41) is 0. The van der Waals surface area contributed by atoms with E-state index < -0.39 is 40.8 Å². The van der Waals surface area contributed by atoms with E-state index in [0.29, 0.717) is 0 Å². The molecule has 0 aromatic heterocycles. The summed E-state index contributed by atoms with van der Waals surface area (Å²) < 4.78 is 52.7. The maximum absolute atomic E-state index is 12.5. The van der Waals surface area contributed by atoms with Crippen molar-refractivity contribution in [2.45, 2.75) is 5.92 Å². The van der Waals surface area contributed by atoms with Gasteiger partial charge < -0.3 is 10.5 Å². The molecule has 90 valence electrons. The van der Waals surface area contributed by atoms with Gasteiger partial charge in [0.25, 0.3) is 5.92 Å². The maximum atomic E-state index is 12.5. The van der Waals surface area contributed by atoms with Crippen LogP contribution < -0.4 is 10.5 Å². The van der Waals surface area contributed by atoms with Gasteiger partial charge in [-0.3, -0.25) is 4.79 Å². The summed E-state index contributed by atoms with van der Waals surface area (Å²) in [6.45, 7) is -2.11. The van der Waals surface area contributed by atoms with Crippen molar-refractivity contribution in [3.63, 3.8) is 0 Å². The number of halogens is 2. The van der Waals surface area contributed by atoms with Gasteiger partial charge in [-0.2, -0.15) is 0 Å². The van der Waals surface area contributed by atoms with Crippen LogP contribution in [0.2, 0.25) is 0 Å². The van der Waals surface area contributed by atoms with Crippen molar-refractivity contribution in [3.05, 3.63) is 0 Å². The zero-order valence-electron chi connectivity index (χ0n) is 8.00. The summed E-state index contributed by atoms with van der Waals surface area (Å²) in [4.78, 5) is 10.6. The highest BCUT2D eigenvalue weighted by Crippen LogP contribution is 2.09. The maximum Gasteiger partial charge on any atom is 0.322 e. The highest BCUT2D eigenvalue weighted by Gasteiger charge is 2.29. The molecule has 0 spiro atoms. The number of ether oxygens (including phenoxy) is 1. The first-order valence-corrected chi connectivity index (χ1v) is 5.50. The van der Waals surface area contributed by atoms with Crippen molar-refractivity contribution in [2.75, 3.05) is 26.0 Å². The first kappa shape index (κ1) is 14.2. The third-order valence-corrected chi connectivity index (χ3v) is 2.58. The lowest BCUT2D eigenvalue weighted by molar-refractivity contribution is -0.137. The monoisotopic (exact) mass is 246 g/mol. The third-order valence-electron chi connectivity index (χ3n) is 1.38. The number of nitrogens with two attached hydrogens (primary N) is 1. The van der Waals surface area contributed by atoms with E-state index in [2.05, 4.69) is 10.5 Å². The van der Waals surface area contributed by atoms with E-state index in [9.17, 15) is 22.0 Å². The average Bonchev–Trinajstić information content (AvgIpc) is 2.14. The Kier molecular flexibility index (Phi) is 5.05. The van der Waals surface area contributed by atoms with E-state index in [4.69, 9.17) is 0 Å². The molecule has 0 radical (unpaired) electrons. The normalized spacial score (nSPS) is 12.5. The van der Waals surface area contributed by atoms with Gasteiger partial charge in [-0.05, 0) is 0 Å². The molecule has 0 saturated carbocycles. The summed E-state index contributed by atoms with van der Waals surface area (Å²) in [6.07, 6.45) is 0. The van der Waals surface area contributed by atoms with Gasteiger partial charge in [0, 0.05) is 0 Å². The quantitative estimate of drug-likeness (QED) is 0.566. The van der Waals surface area contributed by atoms with Gasteiger partial charge >= 0.3 is 5.97 Å². The molecular weight excluding hydrogens is 234 g/mol. The molecule has 0 aliphatic rings. The minimum atomic E-state index is -4.10. The van der Waals surface area contributed by atoms with Crippen LogP contribution in [0.3, 0.4) is 0 Å². The molecule has 0 aromatic rings. The van der Waals surface area contributed by atoms with Crippen LogP contribution >= 0.6 is 0 Å². The van der Waals surface area contributed by atoms with Crippen LogP contribution in [-0.2, 0) is 19.6 Å². The highest BCUT2D eigenvalue weighted by molar-refractivity contribution is 7.90. The molecule has 15 heavy (non-hydrogen) atoms. The average molecular weight is 246 g/mol. The summed E-state index contributed by atoms with van der Waals surface area (Å²) in [6, 6.07) is 0. The van der Waals surface area contributed by atoms with Crippen molar-refractivity contribution in [1.29, 1.82) is 0 Å². The lowest BCUT2D eigenvalue weighted by Gasteiger charge is -2.14. The smallest absolute Gasteiger partial charge is 0.322 e. The Morgan fingerprint density at radius 1 is 1.53 bits per heavy atom. The first-order chi connectivity index (χ1) is 6.72. The Balaban J connectivity index is 4.23. The summed E-state index contributed by atoms with van der Waals surface area (Å²) >= 11 is 0. The fourth-order valence-electron chi connectivity index (χ4n) is 0.553. The number of rotatable bonds is 6. The Hall–Kier alpha value is -0.800. The molecule has 0 aliphatic carbocycles. The van der Waals surface area contributed by atoms with Crippen LogP contribution in [0.25, 0.3) is 0 Å². The third kappa shape index (κ3) is 6.31. The molecule has 6 nitrogen and oxygen atoms in total. The summed E-state index contributed by atoms with van der Waals surface area (Å²) in [5.74, 6) is -5.36. The molecule has 0 unspecified atom stereocenters. The molecule has 0 atom stereocenters. The minimum absolute atomic E-state index is 0.978. The molecule has 0 fully saturated rings. The number of carbonyl (C=O) groups is 1. The number of carbonyl (C=O) groups excluding carboxylic acids is 1. The van der Waals surface area contributed by atoms with Crippen molar-refractivity contribution in [2.24, 2.45) is 5.73 Å². The highest BCUT2D eigenvalue weighted by atomic mass is 32.2. The SMILES string of the molecule is COC(=O)CS(=O)(=O)NCC(F)(F)CN. The van der Waals surface area contributed by atoms with Gasteiger partial charge in [0.2, 0.25) is 10.0 Å². The van der Waals surface area contributed by atoms with E-state index in [1.807, 2.05) is 0 Å². The topological polar surface area (TPSA) is 98.5 Å². The lowest BCUT2D eigenvalue weighted by Crippen LogP contribution is -2.43. The number of methoxy groups -OCH3 is 1. The molecular formula is C6H12F2N2O4S. The van der Waals surface area contributed by atoms with Gasteiger partial charge in [0.05, 0.1) is 20.2 Å². The number of hydrogen-bond donors (Lipinski definition) is 2. The summed E-state index contributed by atoms with van der Waals surface area (Å²) in [7, 11) is -3.10. The second-order valence-corrected chi connectivity index (χ2v) is 4.52. The first-order valence-electron chi connectivity index (χ1n) is 3.84. The molecule has 3 N–H and O–H groups in total. The number of nitrogens with one attached hydrogen (secondary N) is 1. The number of esters is 1. The lowest BCUT2D eigenvalue weighted by atomic mass is 10.3. The number of alkyl halides is 2. The largest absolute Gasteiger partial charge is 0.468 e. The van der Waals surface area contributed by atoms with E-state index >= 15 is 0 Å². The fraction of sp³-hybridized carbons (Fsp3) is 0.833. The minimum Gasteiger partial charge on any atom is -0.468 e. The molecule has 0 aliphatic heterocycles. The Morgan fingerprint density at radius 2 is 2.07 bits per heavy atom. The molecule has 9 heteroatoms. The van der Waals surface area contributed by atoms with Crippen molar-refractivity contribution < 1.29 is 26.7 Å². The van der Waals surface area contributed by atoms with Crippen molar-refractivity contribution >= 4 is 16.0 Å². The zero-order valence-corrected chi connectivity index (χ0v) is 8.81. The Morgan fingerprint density at radius 3 is 2.47 bits per heavy atom. The van der Waals surface area contributed by atoms with E-state index in [-0.39, 0.29) is 0 Å². The van der Waals surface area contributed by atoms with Crippen LogP contribution in [0, 0.1) is 0 Å².